The van der Waals surface area contributed by atoms with Crippen LogP contribution in [0.4, 0.5) is 0 Å². The number of ether oxygens (including phenoxy) is 2. The summed E-state index contributed by atoms with van der Waals surface area (Å²) in [7, 11) is 0. The SMILES string of the molecule is CC(C)[C@H]1CC[C@@]2(C)C(=CC[C@H]3[C@@H]4C[C@@H]5O[C@]6(CC[C@@H](C)CO6)[C@@H](C)[C@@H]5[C@@]4(C)CC[C@@H]32)C1. The highest BCUT2D eigenvalue weighted by Crippen LogP contribution is 2.70. The van der Waals surface area contributed by atoms with Crippen LogP contribution in [0.2, 0.25) is 0 Å². The molecule has 0 unspecified atom stereocenters. The Morgan fingerprint density at radius 3 is 2.53 bits per heavy atom. The first-order chi connectivity index (χ1) is 15.2. The van der Waals surface area contributed by atoms with Crippen molar-refractivity contribution in [3.05, 3.63) is 11.6 Å². The molecule has 1 spiro atoms. The fraction of sp³-hybridized carbons (Fsp3) is 0.933. The lowest BCUT2D eigenvalue weighted by atomic mass is 9.46. The lowest BCUT2D eigenvalue weighted by Gasteiger charge is -2.59. The molecule has 6 aliphatic rings. The van der Waals surface area contributed by atoms with Gasteiger partial charge >= 0.3 is 0 Å². The van der Waals surface area contributed by atoms with E-state index in [1.165, 1.54) is 51.4 Å². The normalized spacial score (nSPS) is 57.0. The molecule has 4 aliphatic carbocycles. The van der Waals surface area contributed by atoms with Crippen LogP contribution in [-0.2, 0) is 9.47 Å². The maximum absolute atomic E-state index is 6.95. The number of hydrogen-bond acceptors (Lipinski definition) is 2. The van der Waals surface area contributed by atoms with E-state index < -0.39 is 0 Å². The molecule has 2 aliphatic heterocycles. The van der Waals surface area contributed by atoms with Crippen LogP contribution in [0.25, 0.3) is 0 Å². The minimum Gasteiger partial charge on any atom is -0.349 e. The molecular formula is C30H48O2. The predicted octanol–water partition coefficient (Wildman–Crippen LogP) is 7.63. The molecule has 0 radical (unpaired) electrons. The van der Waals surface area contributed by atoms with Gasteiger partial charge in [-0.05, 0) is 104 Å². The van der Waals surface area contributed by atoms with Crippen LogP contribution in [0, 0.1) is 58.2 Å². The summed E-state index contributed by atoms with van der Waals surface area (Å²) < 4.78 is 13.4. The smallest absolute Gasteiger partial charge is 0.171 e. The molecule has 11 atom stereocenters. The van der Waals surface area contributed by atoms with Crippen LogP contribution in [0.1, 0.15) is 99.3 Å². The van der Waals surface area contributed by atoms with E-state index >= 15 is 0 Å². The molecule has 5 fully saturated rings. The second-order valence-corrected chi connectivity index (χ2v) is 14.0. The summed E-state index contributed by atoms with van der Waals surface area (Å²) in [6.45, 7) is 15.9. The van der Waals surface area contributed by atoms with Gasteiger partial charge in [-0.15, -0.1) is 0 Å². The van der Waals surface area contributed by atoms with E-state index in [0.29, 0.717) is 34.7 Å². The molecule has 6 rings (SSSR count). The Morgan fingerprint density at radius 2 is 1.81 bits per heavy atom. The number of rotatable bonds is 1. The van der Waals surface area contributed by atoms with Crippen molar-refractivity contribution in [1.29, 1.82) is 0 Å². The van der Waals surface area contributed by atoms with Crippen molar-refractivity contribution < 1.29 is 9.47 Å². The van der Waals surface area contributed by atoms with E-state index in [-0.39, 0.29) is 5.79 Å². The van der Waals surface area contributed by atoms with Gasteiger partial charge in [0.05, 0.1) is 12.7 Å². The highest BCUT2D eigenvalue weighted by Gasteiger charge is 2.68. The largest absolute Gasteiger partial charge is 0.349 e. The first kappa shape index (κ1) is 22.1. The van der Waals surface area contributed by atoms with Gasteiger partial charge in [0.15, 0.2) is 5.79 Å². The second-order valence-electron chi connectivity index (χ2n) is 14.0. The Morgan fingerprint density at radius 1 is 1.00 bits per heavy atom. The lowest BCUT2D eigenvalue weighted by molar-refractivity contribution is -0.272. The highest BCUT2D eigenvalue weighted by atomic mass is 16.7. The Kier molecular flexibility index (Phi) is 5.07. The second kappa shape index (κ2) is 7.33. The van der Waals surface area contributed by atoms with Crippen LogP contribution >= 0.6 is 0 Å². The lowest BCUT2D eigenvalue weighted by Crippen LogP contribution is -2.52. The summed E-state index contributed by atoms with van der Waals surface area (Å²) in [5.41, 5.74) is 2.76. The minimum atomic E-state index is -0.270. The fourth-order valence-electron chi connectivity index (χ4n) is 10.3. The molecule has 3 saturated carbocycles. The van der Waals surface area contributed by atoms with Crippen molar-refractivity contribution >= 4 is 0 Å². The number of fused-ring (bicyclic) bond motifs is 7. The molecule has 0 aromatic heterocycles. The number of allylic oxidation sites excluding steroid dienone is 2. The molecule has 0 bridgehead atoms. The van der Waals surface area contributed by atoms with Crippen molar-refractivity contribution in [2.45, 2.75) is 111 Å². The van der Waals surface area contributed by atoms with Gasteiger partial charge < -0.3 is 9.47 Å². The zero-order chi connectivity index (χ0) is 22.5. The minimum absolute atomic E-state index is 0.270. The first-order valence-corrected chi connectivity index (χ1v) is 14.2. The van der Waals surface area contributed by atoms with Crippen LogP contribution in [-0.4, -0.2) is 18.5 Å². The van der Waals surface area contributed by atoms with Gasteiger partial charge in [0.2, 0.25) is 0 Å². The Bertz CT molecular complexity index is 776. The average Bonchev–Trinajstić information content (AvgIpc) is 3.20. The summed E-state index contributed by atoms with van der Waals surface area (Å²) in [6.07, 6.45) is 15.3. The quantitative estimate of drug-likeness (QED) is 0.390. The summed E-state index contributed by atoms with van der Waals surface area (Å²) in [4.78, 5) is 0. The molecule has 0 N–H and O–H groups in total. The van der Waals surface area contributed by atoms with Crippen molar-refractivity contribution in [2.24, 2.45) is 58.2 Å². The molecule has 2 nitrogen and oxygen atoms in total. The molecule has 0 aromatic rings. The van der Waals surface area contributed by atoms with Gasteiger partial charge in [-0.1, -0.05) is 53.2 Å². The zero-order valence-corrected chi connectivity index (χ0v) is 21.7. The Hall–Kier alpha value is -0.340. The van der Waals surface area contributed by atoms with E-state index in [1.807, 2.05) is 5.57 Å². The Balaban J connectivity index is 1.26. The molecule has 0 amide bonds. The average molecular weight is 441 g/mol. The van der Waals surface area contributed by atoms with Crippen LogP contribution < -0.4 is 0 Å². The Labute approximate surface area is 197 Å². The fourth-order valence-corrected chi connectivity index (χ4v) is 10.3. The predicted molar refractivity (Wildman–Crippen MR) is 130 cm³/mol. The van der Waals surface area contributed by atoms with Crippen LogP contribution in [0.15, 0.2) is 11.6 Å². The summed E-state index contributed by atoms with van der Waals surface area (Å²) in [5, 5.41) is 0. The van der Waals surface area contributed by atoms with Gasteiger partial charge in [-0.25, -0.2) is 0 Å². The molecule has 0 aromatic carbocycles. The van der Waals surface area contributed by atoms with Crippen molar-refractivity contribution in [1.82, 2.24) is 0 Å². The van der Waals surface area contributed by atoms with Crippen LogP contribution in [0.5, 0.6) is 0 Å². The summed E-state index contributed by atoms with van der Waals surface area (Å²) in [5.74, 6) is 6.02. The zero-order valence-electron chi connectivity index (χ0n) is 21.7. The molecule has 2 heterocycles. The van der Waals surface area contributed by atoms with E-state index in [2.05, 4.69) is 47.6 Å². The third-order valence-electron chi connectivity index (χ3n) is 12.4. The van der Waals surface area contributed by atoms with Crippen molar-refractivity contribution in [2.75, 3.05) is 6.61 Å². The maximum atomic E-state index is 6.95. The summed E-state index contributed by atoms with van der Waals surface area (Å²) >= 11 is 0. The van der Waals surface area contributed by atoms with Gasteiger partial charge in [0.1, 0.15) is 0 Å². The van der Waals surface area contributed by atoms with Crippen molar-refractivity contribution in [3.8, 4) is 0 Å². The van der Waals surface area contributed by atoms with Crippen LogP contribution in [0.3, 0.4) is 0 Å². The first-order valence-electron chi connectivity index (χ1n) is 14.2. The van der Waals surface area contributed by atoms with Gasteiger partial charge in [-0.3, -0.25) is 0 Å². The molecule has 180 valence electrons. The van der Waals surface area contributed by atoms with E-state index in [1.54, 1.807) is 0 Å². The van der Waals surface area contributed by atoms with Crippen molar-refractivity contribution in [3.63, 3.8) is 0 Å². The molecule has 2 saturated heterocycles. The monoisotopic (exact) mass is 440 g/mol. The van der Waals surface area contributed by atoms with Gasteiger partial charge in [0.25, 0.3) is 0 Å². The molecular weight excluding hydrogens is 392 g/mol. The van der Waals surface area contributed by atoms with Gasteiger partial charge in [0, 0.05) is 12.3 Å². The topological polar surface area (TPSA) is 18.5 Å². The maximum Gasteiger partial charge on any atom is 0.171 e. The third-order valence-corrected chi connectivity index (χ3v) is 12.4. The number of hydrogen-bond donors (Lipinski definition) is 0. The molecule has 32 heavy (non-hydrogen) atoms. The third kappa shape index (κ3) is 2.90. The molecule has 2 heteroatoms. The van der Waals surface area contributed by atoms with E-state index in [9.17, 15) is 0 Å². The van der Waals surface area contributed by atoms with E-state index in [4.69, 9.17) is 9.47 Å². The summed E-state index contributed by atoms with van der Waals surface area (Å²) in [6, 6.07) is 0. The van der Waals surface area contributed by atoms with E-state index in [0.717, 1.165) is 42.6 Å². The van der Waals surface area contributed by atoms with Gasteiger partial charge in [-0.2, -0.15) is 0 Å². The highest BCUT2D eigenvalue weighted by molar-refractivity contribution is 5.26. The standard InChI is InChI=1S/C30H48O2/c1-18(2)21-10-12-28(5)22(15-21)7-8-23-24(28)11-13-29(6)25(23)16-26-27(29)20(4)30(32-26)14-9-19(3)17-31-30/h7,18-21,23-27H,8-17H2,1-6H3/t19-,20+,21+,23-,24+,25+,26+,27+,28+,29+,30-/m1/s1.